The highest BCUT2D eigenvalue weighted by molar-refractivity contribution is 5.80. The maximum atomic E-state index is 11.6. The van der Waals surface area contributed by atoms with Crippen molar-refractivity contribution in [2.75, 3.05) is 42.9 Å². The molecule has 2 aliphatic rings. The maximum absolute atomic E-state index is 11.6. The van der Waals surface area contributed by atoms with Crippen LogP contribution in [0.3, 0.4) is 0 Å². The molecule has 7 nitrogen and oxygen atoms in total. The van der Waals surface area contributed by atoms with Gasteiger partial charge in [-0.1, -0.05) is 45.4 Å². The van der Waals surface area contributed by atoms with Gasteiger partial charge in [0.15, 0.2) is 0 Å². The Labute approximate surface area is 222 Å². The molecule has 1 amide bonds. The second-order valence-corrected chi connectivity index (χ2v) is 10.4. The third-order valence-corrected chi connectivity index (χ3v) is 7.33. The summed E-state index contributed by atoms with van der Waals surface area (Å²) in [6.07, 6.45) is 9.81. The van der Waals surface area contributed by atoms with Crippen LogP contribution in [0.4, 0.5) is 17.3 Å². The van der Waals surface area contributed by atoms with Crippen molar-refractivity contribution in [2.45, 2.75) is 59.9 Å². The topological polar surface area (TPSA) is 73.4 Å². The first-order valence-corrected chi connectivity index (χ1v) is 13.7. The number of fused-ring (bicyclic) bond motifs is 1. The Hall–Kier alpha value is -3.19. The van der Waals surface area contributed by atoms with Crippen molar-refractivity contribution < 1.29 is 4.79 Å². The Balaban J connectivity index is 1.50. The summed E-state index contributed by atoms with van der Waals surface area (Å²) in [7, 11) is 0. The maximum Gasteiger partial charge on any atom is 0.227 e. The van der Waals surface area contributed by atoms with Gasteiger partial charge < -0.3 is 20.4 Å². The van der Waals surface area contributed by atoms with E-state index < -0.39 is 0 Å². The summed E-state index contributed by atoms with van der Waals surface area (Å²) in [5.41, 5.74) is 6.94. The molecule has 1 aliphatic heterocycles. The third-order valence-electron chi connectivity index (χ3n) is 7.33. The van der Waals surface area contributed by atoms with Gasteiger partial charge in [0.2, 0.25) is 11.9 Å². The zero-order chi connectivity index (χ0) is 26.4. The molecular weight excluding hydrogens is 460 g/mol. The van der Waals surface area contributed by atoms with Gasteiger partial charge in [-0.15, -0.1) is 0 Å². The number of allylic oxidation sites excluding steroid dienone is 2. The molecule has 37 heavy (non-hydrogen) atoms. The van der Waals surface area contributed by atoms with Crippen molar-refractivity contribution in [3.8, 4) is 0 Å². The standard InChI is InChI=1S/C30H42N6O/c1-6-23(7-2)16-25-17-24(19-31-21(3)4)18-26-20-32-30(34-29(25)26)33-27-8-10-28(11-9-27)36-14-12-35(13-15-36)22(5)37/h8-11,16,18,20-21,23,31H,6-7,12-15,17,19H2,1-5H3,(H,32,33,34)/b25-16-. The molecule has 1 fully saturated rings. The lowest BCUT2D eigenvalue weighted by Crippen LogP contribution is -2.48. The molecule has 198 valence electrons. The lowest BCUT2D eigenvalue weighted by molar-refractivity contribution is -0.129. The van der Waals surface area contributed by atoms with Crippen molar-refractivity contribution in [2.24, 2.45) is 5.92 Å². The molecule has 2 heterocycles. The molecule has 2 N–H and O–H groups in total. The van der Waals surface area contributed by atoms with Crippen LogP contribution in [-0.4, -0.2) is 59.5 Å². The first kappa shape index (κ1) is 26.9. The van der Waals surface area contributed by atoms with Crippen LogP contribution in [-0.2, 0) is 4.79 Å². The number of benzene rings is 1. The fraction of sp³-hybridized carbons (Fsp3) is 0.500. The zero-order valence-electron chi connectivity index (χ0n) is 23.1. The average molecular weight is 503 g/mol. The molecule has 1 aliphatic carbocycles. The molecule has 0 atom stereocenters. The van der Waals surface area contributed by atoms with Crippen LogP contribution in [0.1, 0.15) is 65.1 Å². The molecule has 1 aromatic heterocycles. The normalized spacial score (nSPS) is 16.8. The number of anilines is 3. The lowest BCUT2D eigenvalue weighted by atomic mass is 9.88. The molecule has 2 aromatic rings. The SMILES string of the molecule is CCC(/C=C1/CC(CNC(C)C)=Cc2cnc(Nc3ccc(N4CCN(C(C)=O)CC4)cc3)nc21)CC. The molecule has 1 aromatic carbocycles. The Morgan fingerprint density at radius 1 is 1.08 bits per heavy atom. The van der Waals surface area contributed by atoms with Gasteiger partial charge in [-0.2, -0.15) is 0 Å². The highest BCUT2D eigenvalue weighted by Crippen LogP contribution is 2.34. The minimum Gasteiger partial charge on any atom is -0.368 e. The van der Waals surface area contributed by atoms with Crippen LogP contribution >= 0.6 is 0 Å². The highest BCUT2D eigenvalue weighted by Gasteiger charge is 2.21. The van der Waals surface area contributed by atoms with E-state index in [1.165, 1.54) is 16.8 Å². The van der Waals surface area contributed by atoms with Gasteiger partial charge in [-0.05, 0) is 55.0 Å². The molecule has 0 bridgehead atoms. The largest absolute Gasteiger partial charge is 0.368 e. The van der Waals surface area contributed by atoms with Crippen LogP contribution in [0, 0.1) is 5.92 Å². The quantitative estimate of drug-likeness (QED) is 0.472. The second kappa shape index (κ2) is 12.4. The molecule has 1 saturated heterocycles. The van der Waals surface area contributed by atoms with E-state index in [1.807, 2.05) is 11.1 Å². The Morgan fingerprint density at radius 2 is 1.78 bits per heavy atom. The average Bonchev–Trinajstić information content (AvgIpc) is 2.91. The van der Waals surface area contributed by atoms with E-state index in [9.17, 15) is 4.79 Å². The molecule has 0 spiro atoms. The third kappa shape index (κ3) is 6.98. The lowest BCUT2D eigenvalue weighted by Gasteiger charge is -2.35. The number of hydrogen-bond acceptors (Lipinski definition) is 6. The number of hydrogen-bond donors (Lipinski definition) is 2. The first-order chi connectivity index (χ1) is 17.9. The summed E-state index contributed by atoms with van der Waals surface area (Å²) in [5, 5.41) is 6.96. The van der Waals surface area contributed by atoms with Crippen LogP contribution in [0.25, 0.3) is 11.6 Å². The molecular formula is C30H42N6O. The second-order valence-electron chi connectivity index (χ2n) is 10.4. The highest BCUT2D eigenvalue weighted by atomic mass is 16.2. The zero-order valence-corrected chi connectivity index (χ0v) is 23.1. The van der Waals surface area contributed by atoms with Crippen molar-refractivity contribution in [1.29, 1.82) is 0 Å². The summed E-state index contributed by atoms with van der Waals surface area (Å²) < 4.78 is 0. The van der Waals surface area contributed by atoms with Crippen molar-refractivity contribution in [1.82, 2.24) is 20.2 Å². The number of nitrogens with zero attached hydrogens (tertiary/aromatic N) is 4. The van der Waals surface area contributed by atoms with Gasteiger partial charge in [-0.25, -0.2) is 9.97 Å². The first-order valence-electron chi connectivity index (χ1n) is 13.7. The van der Waals surface area contributed by atoms with E-state index in [0.29, 0.717) is 17.9 Å². The Bertz CT molecular complexity index is 1130. The van der Waals surface area contributed by atoms with Crippen LogP contribution < -0.4 is 15.5 Å². The molecule has 0 unspecified atom stereocenters. The molecule has 7 heteroatoms. The molecule has 0 saturated carbocycles. The van der Waals surface area contributed by atoms with E-state index in [2.05, 4.69) is 84.6 Å². The van der Waals surface area contributed by atoms with Crippen LogP contribution in [0.5, 0.6) is 0 Å². The molecule has 4 rings (SSSR count). The van der Waals surface area contributed by atoms with E-state index in [-0.39, 0.29) is 5.91 Å². The van der Waals surface area contributed by atoms with E-state index in [0.717, 1.165) is 68.9 Å². The van der Waals surface area contributed by atoms with Crippen LogP contribution in [0.2, 0.25) is 0 Å². The van der Waals surface area contributed by atoms with E-state index in [1.54, 1.807) is 6.92 Å². The minimum atomic E-state index is 0.154. The van der Waals surface area contributed by atoms with Gasteiger partial charge in [0.1, 0.15) is 0 Å². The van der Waals surface area contributed by atoms with Gasteiger partial charge in [0, 0.05) is 68.8 Å². The van der Waals surface area contributed by atoms with Gasteiger partial charge in [0.05, 0.1) is 5.69 Å². The Morgan fingerprint density at radius 3 is 2.41 bits per heavy atom. The van der Waals surface area contributed by atoms with Gasteiger partial charge in [-0.3, -0.25) is 4.79 Å². The summed E-state index contributed by atoms with van der Waals surface area (Å²) in [4.78, 5) is 25.5. The number of carbonyl (C=O) groups excluding carboxylic acids is 1. The fourth-order valence-corrected chi connectivity index (χ4v) is 4.97. The van der Waals surface area contributed by atoms with Gasteiger partial charge in [0.25, 0.3) is 0 Å². The van der Waals surface area contributed by atoms with Crippen molar-refractivity contribution in [3.63, 3.8) is 0 Å². The summed E-state index contributed by atoms with van der Waals surface area (Å²) in [6.45, 7) is 14.7. The molecule has 0 radical (unpaired) electrons. The van der Waals surface area contributed by atoms with Crippen LogP contribution in [0.15, 0.2) is 42.1 Å². The Kier molecular flexibility index (Phi) is 8.98. The van der Waals surface area contributed by atoms with Gasteiger partial charge >= 0.3 is 0 Å². The number of piperazine rings is 1. The van der Waals surface area contributed by atoms with E-state index >= 15 is 0 Å². The fourth-order valence-electron chi connectivity index (χ4n) is 4.97. The van der Waals surface area contributed by atoms with Crippen molar-refractivity contribution in [3.05, 3.63) is 53.4 Å². The predicted molar refractivity (Wildman–Crippen MR) is 154 cm³/mol. The monoisotopic (exact) mass is 502 g/mol. The summed E-state index contributed by atoms with van der Waals surface area (Å²) in [6, 6.07) is 8.85. The number of rotatable bonds is 9. The number of amides is 1. The minimum absolute atomic E-state index is 0.154. The smallest absolute Gasteiger partial charge is 0.227 e. The van der Waals surface area contributed by atoms with Crippen molar-refractivity contribution >= 4 is 34.9 Å². The summed E-state index contributed by atoms with van der Waals surface area (Å²) >= 11 is 0. The number of carbonyl (C=O) groups is 1. The number of aromatic nitrogens is 2. The summed E-state index contributed by atoms with van der Waals surface area (Å²) in [5.74, 6) is 1.33. The predicted octanol–water partition coefficient (Wildman–Crippen LogP) is 5.49. The van der Waals surface area contributed by atoms with E-state index in [4.69, 9.17) is 4.98 Å². The number of nitrogens with one attached hydrogen (secondary N) is 2.